The number of aliphatic hydroxyl groups is 1. The lowest BCUT2D eigenvalue weighted by Gasteiger charge is -2.18. The van der Waals surface area contributed by atoms with Crippen LogP contribution in [0.15, 0.2) is 0 Å². The fourth-order valence-electron chi connectivity index (χ4n) is 0.774. The van der Waals surface area contributed by atoms with E-state index in [1.165, 1.54) is 0 Å². The molecule has 0 fully saturated rings. The van der Waals surface area contributed by atoms with Gasteiger partial charge in [0.25, 0.3) is 0 Å². The van der Waals surface area contributed by atoms with Crippen LogP contribution in [0.5, 0.6) is 0 Å². The first-order chi connectivity index (χ1) is 4.92. The molecule has 0 aromatic rings. The lowest BCUT2D eigenvalue weighted by molar-refractivity contribution is 0.189. The molecule has 2 N–H and O–H groups in total. The van der Waals surface area contributed by atoms with E-state index in [9.17, 15) is 0 Å². The monoisotopic (exact) mass is 195 g/mol. The second-order valence-electron chi connectivity index (χ2n) is 4.36. The van der Waals surface area contributed by atoms with E-state index in [0.717, 1.165) is 13.0 Å². The largest absolute Gasteiger partial charge is 0.392 e. The van der Waals surface area contributed by atoms with Gasteiger partial charge in [0, 0.05) is 6.54 Å². The van der Waals surface area contributed by atoms with Gasteiger partial charge in [0.1, 0.15) is 0 Å². The van der Waals surface area contributed by atoms with E-state index in [0.29, 0.717) is 12.0 Å². The third-order valence-electron chi connectivity index (χ3n) is 1.49. The summed E-state index contributed by atoms with van der Waals surface area (Å²) in [6, 6.07) is 0. The average Bonchev–Trinajstić information content (AvgIpc) is 1.78. The molecule has 0 aliphatic rings. The van der Waals surface area contributed by atoms with Crippen molar-refractivity contribution in [1.29, 1.82) is 0 Å². The predicted molar refractivity (Wildman–Crippen MR) is 55.9 cm³/mol. The maximum absolute atomic E-state index is 8.92. The summed E-state index contributed by atoms with van der Waals surface area (Å²) in [7, 11) is 0. The highest BCUT2D eigenvalue weighted by atomic mass is 35.5. The van der Waals surface area contributed by atoms with Gasteiger partial charge in [0.2, 0.25) is 0 Å². The van der Waals surface area contributed by atoms with Crippen LogP contribution < -0.4 is 5.32 Å². The van der Waals surface area contributed by atoms with E-state index >= 15 is 0 Å². The highest BCUT2D eigenvalue weighted by Gasteiger charge is 2.08. The van der Waals surface area contributed by atoms with Crippen LogP contribution >= 0.6 is 12.4 Å². The Labute approximate surface area is 82.2 Å². The number of nitrogens with one attached hydrogen (secondary N) is 1. The van der Waals surface area contributed by atoms with Gasteiger partial charge in [-0.3, -0.25) is 0 Å². The Morgan fingerprint density at radius 2 is 1.83 bits per heavy atom. The minimum absolute atomic E-state index is 0. The quantitative estimate of drug-likeness (QED) is 0.671. The van der Waals surface area contributed by atoms with Crippen molar-refractivity contribution in [3.63, 3.8) is 0 Å². The molecule has 0 aromatic heterocycles. The fourth-order valence-corrected chi connectivity index (χ4v) is 0.774. The molecule has 0 spiro atoms. The fraction of sp³-hybridized carbons (Fsp3) is 1.00. The van der Waals surface area contributed by atoms with Gasteiger partial charge in [-0.15, -0.1) is 12.4 Å². The summed E-state index contributed by atoms with van der Waals surface area (Å²) in [6.45, 7) is 10.2. The summed E-state index contributed by atoms with van der Waals surface area (Å²) in [6.07, 6.45) is 0.926. The molecule has 0 saturated heterocycles. The van der Waals surface area contributed by atoms with Gasteiger partial charge in [-0.1, -0.05) is 20.8 Å². The highest BCUT2D eigenvalue weighted by Crippen LogP contribution is 2.16. The van der Waals surface area contributed by atoms with Gasteiger partial charge < -0.3 is 10.4 Å². The Morgan fingerprint density at radius 1 is 1.33 bits per heavy atom. The van der Waals surface area contributed by atoms with Crippen LogP contribution in [0, 0.1) is 5.41 Å². The lowest BCUT2D eigenvalue weighted by atomic mass is 9.92. The maximum atomic E-state index is 8.92. The molecule has 0 aliphatic carbocycles. The molecule has 0 bridgehead atoms. The van der Waals surface area contributed by atoms with Crippen LogP contribution in [0.4, 0.5) is 0 Å². The van der Waals surface area contributed by atoms with Crippen LogP contribution in [-0.4, -0.2) is 24.3 Å². The number of halogens is 1. The van der Waals surface area contributed by atoms with Crippen molar-refractivity contribution in [3.8, 4) is 0 Å². The summed E-state index contributed by atoms with van der Waals surface area (Å²) in [5.41, 5.74) is 0.395. The zero-order valence-corrected chi connectivity index (χ0v) is 9.37. The molecule has 1 unspecified atom stereocenters. The van der Waals surface area contributed by atoms with Crippen molar-refractivity contribution in [2.75, 3.05) is 13.1 Å². The first-order valence-electron chi connectivity index (χ1n) is 4.30. The maximum Gasteiger partial charge on any atom is 0.0636 e. The molecule has 0 saturated carbocycles. The molecule has 1 atom stereocenters. The normalized spacial score (nSPS) is 13.8. The van der Waals surface area contributed by atoms with Crippen LogP contribution in [0.2, 0.25) is 0 Å². The van der Waals surface area contributed by atoms with Crippen LogP contribution in [-0.2, 0) is 0 Å². The standard InChI is InChI=1S/C9H21NO.ClH/c1-8(11)7-10-6-5-9(2,3)4;/h8,10-11H,5-7H2,1-4H3;1H. The third kappa shape index (κ3) is 12.8. The lowest BCUT2D eigenvalue weighted by Crippen LogP contribution is -2.27. The molecule has 12 heavy (non-hydrogen) atoms. The van der Waals surface area contributed by atoms with Gasteiger partial charge in [0.05, 0.1) is 6.10 Å². The third-order valence-corrected chi connectivity index (χ3v) is 1.49. The summed E-state index contributed by atoms with van der Waals surface area (Å²) in [5.74, 6) is 0. The second-order valence-corrected chi connectivity index (χ2v) is 4.36. The summed E-state index contributed by atoms with van der Waals surface area (Å²) >= 11 is 0. The van der Waals surface area contributed by atoms with E-state index in [1.54, 1.807) is 6.92 Å². The SMILES string of the molecule is CC(O)CNCCC(C)(C)C.Cl. The van der Waals surface area contributed by atoms with Crippen molar-refractivity contribution < 1.29 is 5.11 Å². The van der Waals surface area contributed by atoms with E-state index in [-0.39, 0.29) is 18.5 Å². The van der Waals surface area contributed by atoms with E-state index in [2.05, 4.69) is 26.1 Å². The Balaban J connectivity index is 0. The Kier molecular flexibility index (Phi) is 8.21. The van der Waals surface area contributed by atoms with Gasteiger partial charge in [0.15, 0.2) is 0 Å². The molecular formula is C9H22ClNO. The van der Waals surface area contributed by atoms with Gasteiger partial charge >= 0.3 is 0 Å². The average molecular weight is 196 g/mol. The van der Waals surface area contributed by atoms with Crippen LogP contribution in [0.3, 0.4) is 0 Å². The molecule has 76 valence electrons. The van der Waals surface area contributed by atoms with E-state index in [4.69, 9.17) is 5.11 Å². The van der Waals surface area contributed by atoms with E-state index < -0.39 is 0 Å². The van der Waals surface area contributed by atoms with Crippen molar-refractivity contribution in [1.82, 2.24) is 5.32 Å². The van der Waals surface area contributed by atoms with Crippen molar-refractivity contribution >= 4 is 12.4 Å². The topological polar surface area (TPSA) is 32.3 Å². The molecule has 0 aliphatic heterocycles. The molecule has 0 rings (SSSR count). The first-order valence-corrected chi connectivity index (χ1v) is 4.30. The van der Waals surface area contributed by atoms with Gasteiger partial charge in [-0.2, -0.15) is 0 Å². The van der Waals surface area contributed by atoms with Crippen molar-refractivity contribution in [2.45, 2.75) is 40.2 Å². The van der Waals surface area contributed by atoms with Gasteiger partial charge in [-0.05, 0) is 25.3 Å². The Morgan fingerprint density at radius 3 is 2.17 bits per heavy atom. The Hall–Kier alpha value is 0.210. The zero-order chi connectivity index (χ0) is 8.91. The molecule has 0 heterocycles. The van der Waals surface area contributed by atoms with E-state index in [1.807, 2.05) is 0 Å². The first kappa shape index (κ1) is 14.7. The highest BCUT2D eigenvalue weighted by molar-refractivity contribution is 5.85. The molecular weight excluding hydrogens is 174 g/mol. The smallest absolute Gasteiger partial charge is 0.0636 e. The second kappa shape index (κ2) is 6.70. The number of hydrogen-bond donors (Lipinski definition) is 2. The molecule has 0 radical (unpaired) electrons. The number of rotatable bonds is 4. The minimum atomic E-state index is -0.227. The predicted octanol–water partition coefficient (Wildman–Crippen LogP) is 1.81. The molecule has 2 nitrogen and oxygen atoms in total. The van der Waals surface area contributed by atoms with Crippen LogP contribution in [0.25, 0.3) is 0 Å². The zero-order valence-electron chi connectivity index (χ0n) is 8.55. The Bertz CT molecular complexity index is 99.2. The van der Waals surface area contributed by atoms with Gasteiger partial charge in [-0.25, -0.2) is 0 Å². The number of hydrogen-bond acceptors (Lipinski definition) is 2. The number of aliphatic hydroxyl groups excluding tert-OH is 1. The summed E-state index contributed by atoms with van der Waals surface area (Å²) in [5, 5.41) is 12.1. The summed E-state index contributed by atoms with van der Waals surface area (Å²) < 4.78 is 0. The molecule has 0 aromatic carbocycles. The van der Waals surface area contributed by atoms with Crippen molar-refractivity contribution in [3.05, 3.63) is 0 Å². The molecule has 3 heteroatoms. The van der Waals surface area contributed by atoms with Crippen LogP contribution in [0.1, 0.15) is 34.1 Å². The minimum Gasteiger partial charge on any atom is -0.392 e. The molecule has 0 amide bonds. The van der Waals surface area contributed by atoms with Crippen molar-refractivity contribution in [2.24, 2.45) is 5.41 Å². The summed E-state index contributed by atoms with van der Waals surface area (Å²) in [4.78, 5) is 0.